The van der Waals surface area contributed by atoms with Crippen LogP contribution >= 0.6 is 0 Å². The van der Waals surface area contributed by atoms with Crippen LogP contribution in [0.4, 0.5) is 0 Å². The van der Waals surface area contributed by atoms with E-state index in [1.54, 1.807) is 6.20 Å². The SMILES string of the molecule is OCC1(n2cccn2)CCCC1. The van der Waals surface area contributed by atoms with Gasteiger partial charge in [-0.05, 0) is 18.9 Å². The molecule has 1 aromatic heterocycles. The van der Waals surface area contributed by atoms with E-state index in [1.165, 1.54) is 12.8 Å². The van der Waals surface area contributed by atoms with Gasteiger partial charge in [0.25, 0.3) is 0 Å². The summed E-state index contributed by atoms with van der Waals surface area (Å²) < 4.78 is 1.92. The third-order valence-electron chi connectivity index (χ3n) is 2.82. The molecule has 0 unspecified atom stereocenters. The molecule has 3 nitrogen and oxygen atoms in total. The van der Waals surface area contributed by atoms with Crippen LogP contribution in [-0.4, -0.2) is 21.5 Å². The van der Waals surface area contributed by atoms with E-state index in [0.29, 0.717) is 0 Å². The van der Waals surface area contributed by atoms with Gasteiger partial charge in [0.05, 0.1) is 12.1 Å². The first-order chi connectivity index (χ1) is 5.87. The molecule has 1 fully saturated rings. The summed E-state index contributed by atoms with van der Waals surface area (Å²) in [6, 6.07) is 1.91. The minimum atomic E-state index is -0.0799. The van der Waals surface area contributed by atoms with Crippen molar-refractivity contribution in [1.82, 2.24) is 9.78 Å². The van der Waals surface area contributed by atoms with Crippen molar-refractivity contribution in [3.8, 4) is 0 Å². The van der Waals surface area contributed by atoms with E-state index in [-0.39, 0.29) is 12.1 Å². The molecule has 1 aliphatic carbocycles. The Balaban J connectivity index is 2.28. The van der Waals surface area contributed by atoms with Gasteiger partial charge in [-0.25, -0.2) is 0 Å². The molecule has 0 amide bonds. The molecule has 1 saturated carbocycles. The molecule has 12 heavy (non-hydrogen) atoms. The van der Waals surface area contributed by atoms with Gasteiger partial charge in [-0.2, -0.15) is 5.10 Å². The van der Waals surface area contributed by atoms with Crippen LogP contribution in [0, 0.1) is 0 Å². The Morgan fingerprint density at radius 3 is 2.67 bits per heavy atom. The number of hydrogen-bond acceptors (Lipinski definition) is 2. The zero-order valence-electron chi connectivity index (χ0n) is 7.11. The molecule has 3 heteroatoms. The topological polar surface area (TPSA) is 38.0 Å². The lowest BCUT2D eigenvalue weighted by Gasteiger charge is -2.26. The highest BCUT2D eigenvalue weighted by molar-refractivity contribution is 4.93. The van der Waals surface area contributed by atoms with Gasteiger partial charge in [0.15, 0.2) is 0 Å². The van der Waals surface area contributed by atoms with Gasteiger partial charge in [-0.15, -0.1) is 0 Å². The normalized spacial score (nSPS) is 21.4. The molecule has 0 aliphatic heterocycles. The van der Waals surface area contributed by atoms with E-state index < -0.39 is 0 Å². The van der Waals surface area contributed by atoms with E-state index in [4.69, 9.17) is 0 Å². The number of aromatic nitrogens is 2. The zero-order chi connectivity index (χ0) is 8.44. The summed E-state index contributed by atoms with van der Waals surface area (Å²) in [5, 5.41) is 13.5. The maximum Gasteiger partial charge on any atom is 0.0857 e. The van der Waals surface area contributed by atoms with Crippen LogP contribution in [0.5, 0.6) is 0 Å². The van der Waals surface area contributed by atoms with Crippen LogP contribution in [0.1, 0.15) is 25.7 Å². The fourth-order valence-electron chi connectivity index (χ4n) is 2.04. The van der Waals surface area contributed by atoms with Crippen LogP contribution in [0.3, 0.4) is 0 Å². The molecule has 66 valence electrons. The summed E-state index contributed by atoms with van der Waals surface area (Å²) in [6.45, 7) is 0.217. The predicted octanol–water partition coefficient (Wildman–Crippen LogP) is 1.14. The third-order valence-corrected chi connectivity index (χ3v) is 2.82. The van der Waals surface area contributed by atoms with Crippen LogP contribution < -0.4 is 0 Å². The second-order valence-corrected chi connectivity index (χ2v) is 3.54. The fraction of sp³-hybridized carbons (Fsp3) is 0.667. The van der Waals surface area contributed by atoms with Gasteiger partial charge >= 0.3 is 0 Å². The Kier molecular flexibility index (Phi) is 1.89. The Morgan fingerprint density at radius 2 is 2.17 bits per heavy atom. The Labute approximate surface area is 72.0 Å². The Bertz CT molecular complexity index is 237. The first-order valence-electron chi connectivity index (χ1n) is 4.48. The van der Waals surface area contributed by atoms with Crippen molar-refractivity contribution in [2.24, 2.45) is 0 Å². The molecule has 1 aromatic rings. The van der Waals surface area contributed by atoms with Crippen LogP contribution in [0.2, 0.25) is 0 Å². The quantitative estimate of drug-likeness (QED) is 0.715. The van der Waals surface area contributed by atoms with E-state index in [9.17, 15) is 5.11 Å². The predicted molar refractivity (Wildman–Crippen MR) is 45.8 cm³/mol. The average molecular weight is 166 g/mol. The molecule has 2 rings (SSSR count). The summed E-state index contributed by atoms with van der Waals surface area (Å²) in [7, 11) is 0. The largest absolute Gasteiger partial charge is 0.394 e. The van der Waals surface area contributed by atoms with Crippen molar-refractivity contribution in [3.05, 3.63) is 18.5 Å². The lowest BCUT2D eigenvalue weighted by molar-refractivity contribution is 0.124. The Morgan fingerprint density at radius 1 is 1.42 bits per heavy atom. The lowest BCUT2D eigenvalue weighted by atomic mass is 10.00. The van der Waals surface area contributed by atoms with E-state index >= 15 is 0 Å². The van der Waals surface area contributed by atoms with E-state index in [0.717, 1.165) is 12.8 Å². The summed E-state index contributed by atoms with van der Waals surface area (Å²) in [5.74, 6) is 0. The highest BCUT2D eigenvalue weighted by Gasteiger charge is 2.35. The smallest absolute Gasteiger partial charge is 0.0857 e. The molecule has 0 spiro atoms. The number of rotatable bonds is 2. The molecule has 0 bridgehead atoms. The summed E-state index contributed by atoms with van der Waals surface area (Å²) in [5.41, 5.74) is -0.0799. The number of aliphatic hydroxyl groups excluding tert-OH is 1. The molecule has 1 N–H and O–H groups in total. The summed E-state index contributed by atoms with van der Waals surface area (Å²) in [4.78, 5) is 0. The van der Waals surface area contributed by atoms with E-state index in [2.05, 4.69) is 5.10 Å². The van der Waals surface area contributed by atoms with Gasteiger partial charge < -0.3 is 5.11 Å². The van der Waals surface area contributed by atoms with Crippen molar-refractivity contribution >= 4 is 0 Å². The average Bonchev–Trinajstić information content (AvgIpc) is 2.76. The van der Waals surface area contributed by atoms with Crippen molar-refractivity contribution in [3.63, 3.8) is 0 Å². The fourth-order valence-corrected chi connectivity index (χ4v) is 2.04. The van der Waals surface area contributed by atoms with Crippen molar-refractivity contribution in [2.75, 3.05) is 6.61 Å². The standard InChI is InChI=1S/C9H14N2O/c12-8-9(4-1-2-5-9)11-7-3-6-10-11/h3,6-7,12H,1-2,4-5,8H2. The van der Waals surface area contributed by atoms with Gasteiger partial charge in [0, 0.05) is 12.4 Å². The van der Waals surface area contributed by atoms with E-state index in [1.807, 2.05) is 16.9 Å². The molecule has 0 saturated heterocycles. The van der Waals surface area contributed by atoms with Crippen LogP contribution in [0.15, 0.2) is 18.5 Å². The second kappa shape index (κ2) is 2.90. The molecule has 0 radical (unpaired) electrons. The summed E-state index contributed by atoms with van der Waals surface area (Å²) in [6.07, 6.45) is 8.26. The minimum absolute atomic E-state index is 0.0799. The molecule has 0 atom stereocenters. The zero-order valence-corrected chi connectivity index (χ0v) is 7.11. The molecule has 0 aromatic carbocycles. The maximum absolute atomic E-state index is 9.33. The van der Waals surface area contributed by atoms with Crippen LogP contribution in [-0.2, 0) is 5.54 Å². The highest BCUT2D eigenvalue weighted by atomic mass is 16.3. The van der Waals surface area contributed by atoms with Crippen molar-refractivity contribution in [1.29, 1.82) is 0 Å². The molecule has 1 aliphatic rings. The molecular weight excluding hydrogens is 152 g/mol. The number of aliphatic hydroxyl groups is 1. The van der Waals surface area contributed by atoms with Gasteiger partial charge in [-0.3, -0.25) is 4.68 Å². The first-order valence-corrected chi connectivity index (χ1v) is 4.48. The third kappa shape index (κ3) is 1.05. The highest BCUT2D eigenvalue weighted by Crippen LogP contribution is 2.35. The number of nitrogens with zero attached hydrogens (tertiary/aromatic N) is 2. The number of hydrogen-bond donors (Lipinski definition) is 1. The molecular formula is C9H14N2O. The van der Waals surface area contributed by atoms with Crippen molar-refractivity contribution < 1.29 is 5.11 Å². The second-order valence-electron chi connectivity index (χ2n) is 3.54. The molecule has 1 heterocycles. The van der Waals surface area contributed by atoms with Crippen molar-refractivity contribution in [2.45, 2.75) is 31.2 Å². The maximum atomic E-state index is 9.33. The lowest BCUT2D eigenvalue weighted by Crippen LogP contribution is -2.34. The monoisotopic (exact) mass is 166 g/mol. The van der Waals surface area contributed by atoms with Crippen LogP contribution in [0.25, 0.3) is 0 Å². The van der Waals surface area contributed by atoms with Gasteiger partial charge in [-0.1, -0.05) is 12.8 Å². The van der Waals surface area contributed by atoms with Gasteiger partial charge in [0.2, 0.25) is 0 Å². The van der Waals surface area contributed by atoms with Gasteiger partial charge in [0.1, 0.15) is 0 Å². The Hall–Kier alpha value is -0.830. The summed E-state index contributed by atoms with van der Waals surface area (Å²) >= 11 is 0. The minimum Gasteiger partial charge on any atom is -0.394 e. The first kappa shape index (κ1) is 7.80.